The summed E-state index contributed by atoms with van der Waals surface area (Å²) in [6.07, 6.45) is 4.57. The minimum atomic E-state index is -0.141. The third-order valence-electron chi connectivity index (χ3n) is 3.90. The molecule has 7 nitrogen and oxygen atoms in total. The molecule has 3 rings (SSSR count). The standard InChI is InChI=1S/C15H19N5O2/c1-11(21)16-14-6-9-20(17-14)12-5-8-19(10-12)15(22)13-4-3-7-18(13)2/h3-4,6-7,9,12H,5,8,10H2,1-2H3,(H,16,17,21). The highest BCUT2D eigenvalue weighted by Gasteiger charge is 2.29. The van der Waals surface area contributed by atoms with Crippen molar-refractivity contribution in [1.82, 2.24) is 19.2 Å². The van der Waals surface area contributed by atoms with E-state index >= 15 is 0 Å². The number of rotatable bonds is 3. The van der Waals surface area contributed by atoms with Crippen molar-refractivity contribution in [2.45, 2.75) is 19.4 Å². The van der Waals surface area contributed by atoms with Crippen molar-refractivity contribution in [3.8, 4) is 0 Å². The van der Waals surface area contributed by atoms with Crippen molar-refractivity contribution in [1.29, 1.82) is 0 Å². The van der Waals surface area contributed by atoms with Crippen molar-refractivity contribution in [3.63, 3.8) is 0 Å². The Labute approximate surface area is 128 Å². The van der Waals surface area contributed by atoms with Gasteiger partial charge in [-0.1, -0.05) is 0 Å². The number of nitrogens with zero attached hydrogens (tertiary/aromatic N) is 4. The number of carbonyl (C=O) groups is 2. The van der Waals surface area contributed by atoms with Gasteiger partial charge < -0.3 is 14.8 Å². The summed E-state index contributed by atoms with van der Waals surface area (Å²) in [6.45, 7) is 2.80. The first-order chi connectivity index (χ1) is 10.5. The van der Waals surface area contributed by atoms with E-state index in [0.29, 0.717) is 24.6 Å². The number of hydrogen-bond acceptors (Lipinski definition) is 3. The van der Waals surface area contributed by atoms with Crippen LogP contribution in [0.3, 0.4) is 0 Å². The van der Waals surface area contributed by atoms with E-state index in [2.05, 4.69) is 10.4 Å². The van der Waals surface area contributed by atoms with E-state index in [-0.39, 0.29) is 17.9 Å². The lowest BCUT2D eigenvalue weighted by Crippen LogP contribution is -2.30. The van der Waals surface area contributed by atoms with Crippen LogP contribution < -0.4 is 5.32 Å². The fraction of sp³-hybridized carbons (Fsp3) is 0.400. The van der Waals surface area contributed by atoms with Crippen molar-refractivity contribution < 1.29 is 9.59 Å². The van der Waals surface area contributed by atoms with Crippen LogP contribution in [0.25, 0.3) is 0 Å². The molecule has 1 aliphatic rings. The number of nitrogens with one attached hydrogen (secondary N) is 1. The second-order valence-electron chi connectivity index (χ2n) is 5.56. The van der Waals surface area contributed by atoms with Gasteiger partial charge in [0.25, 0.3) is 5.91 Å². The number of anilines is 1. The van der Waals surface area contributed by atoms with Crippen molar-refractivity contribution in [2.75, 3.05) is 18.4 Å². The van der Waals surface area contributed by atoms with Crippen LogP contribution in [0.4, 0.5) is 5.82 Å². The highest BCUT2D eigenvalue weighted by atomic mass is 16.2. The molecule has 1 aliphatic heterocycles. The van der Waals surface area contributed by atoms with Gasteiger partial charge in [-0.15, -0.1) is 0 Å². The van der Waals surface area contributed by atoms with Gasteiger partial charge in [-0.2, -0.15) is 5.10 Å². The Balaban J connectivity index is 1.67. The van der Waals surface area contributed by atoms with Crippen LogP contribution in [0.2, 0.25) is 0 Å². The zero-order valence-corrected chi connectivity index (χ0v) is 12.7. The predicted molar refractivity (Wildman–Crippen MR) is 81.5 cm³/mol. The van der Waals surface area contributed by atoms with Crippen molar-refractivity contribution in [3.05, 3.63) is 36.3 Å². The molecule has 116 valence electrons. The molecule has 22 heavy (non-hydrogen) atoms. The summed E-state index contributed by atoms with van der Waals surface area (Å²) in [5.41, 5.74) is 0.694. The van der Waals surface area contributed by atoms with Crippen LogP contribution in [0.1, 0.15) is 29.9 Å². The maximum absolute atomic E-state index is 12.5. The van der Waals surface area contributed by atoms with Crippen LogP contribution in [-0.4, -0.2) is 44.2 Å². The lowest BCUT2D eigenvalue weighted by atomic mass is 10.3. The molecule has 1 N–H and O–H groups in total. The molecule has 0 aliphatic carbocycles. The fourth-order valence-corrected chi connectivity index (χ4v) is 2.78. The summed E-state index contributed by atoms with van der Waals surface area (Å²) in [7, 11) is 1.87. The zero-order valence-electron chi connectivity index (χ0n) is 12.7. The molecule has 0 bridgehead atoms. The first-order valence-electron chi connectivity index (χ1n) is 7.28. The largest absolute Gasteiger partial charge is 0.347 e. The summed E-state index contributed by atoms with van der Waals surface area (Å²) < 4.78 is 3.65. The second kappa shape index (κ2) is 5.67. The third kappa shape index (κ3) is 2.74. The highest BCUT2D eigenvalue weighted by molar-refractivity contribution is 5.93. The van der Waals surface area contributed by atoms with Crippen LogP contribution >= 0.6 is 0 Å². The minimum absolute atomic E-state index is 0.0456. The smallest absolute Gasteiger partial charge is 0.270 e. The monoisotopic (exact) mass is 301 g/mol. The van der Waals surface area contributed by atoms with E-state index < -0.39 is 0 Å². The summed E-state index contributed by atoms with van der Waals surface area (Å²) in [4.78, 5) is 25.4. The number of hydrogen-bond donors (Lipinski definition) is 1. The maximum atomic E-state index is 12.5. The number of likely N-dealkylation sites (tertiary alicyclic amines) is 1. The Bertz CT molecular complexity index is 702. The quantitative estimate of drug-likeness (QED) is 0.928. The fourth-order valence-electron chi connectivity index (χ4n) is 2.78. The summed E-state index contributed by atoms with van der Waals surface area (Å²) in [5.74, 6) is 0.445. The van der Waals surface area contributed by atoms with Crippen LogP contribution in [0.15, 0.2) is 30.6 Å². The maximum Gasteiger partial charge on any atom is 0.270 e. The number of aryl methyl sites for hydroxylation is 1. The third-order valence-corrected chi connectivity index (χ3v) is 3.90. The zero-order chi connectivity index (χ0) is 15.7. The molecular weight excluding hydrogens is 282 g/mol. The molecule has 7 heteroatoms. The van der Waals surface area contributed by atoms with Gasteiger partial charge in [0.15, 0.2) is 5.82 Å². The topological polar surface area (TPSA) is 72.2 Å². The van der Waals surface area contributed by atoms with E-state index in [0.717, 1.165) is 6.42 Å². The number of amides is 2. The van der Waals surface area contributed by atoms with Gasteiger partial charge in [0.05, 0.1) is 6.04 Å². The lowest BCUT2D eigenvalue weighted by molar-refractivity contribution is -0.114. The van der Waals surface area contributed by atoms with Crippen molar-refractivity contribution in [2.24, 2.45) is 7.05 Å². The molecule has 2 amide bonds. The Morgan fingerprint density at radius 2 is 2.14 bits per heavy atom. The molecule has 1 fully saturated rings. The second-order valence-corrected chi connectivity index (χ2v) is 5.56. The molecule has 2 aromatic rings. The minimum Gasteiger partial charge on any atom is -0.347 e. The van der Waals surface area contributed by atoms with E-state index in [4.69, 9.17) is 0 Å². The van der Waals surface area contributed by atoms with E-state index in [9.17, 15) is 9.59 Å². The number of aromatic nitrogens is 3. The SMILES string of the molecule is CC(=O)Nc1ccn(C2CCN(C(=O)c3cccn3C)C2)n1. The van der Waals surface area contributed by atoms with Crippen LogP contribution in [0.5, 0.6) is 0 Å². The molecule has 0 aromatic carbocycles. The predicted octanol–water partition coefficient (Wildman–Crippen LogP) is 1.27. The molecule has 3 heterocycles. The van der Waals surface area contributed by atoms with Gasteiger partial charge in [-0.25, -0.2) is 0 Å². The molecule has 0 radical (unpaired) electrons. The average molecular weight is 301 g/mol. The first-order valence-corrected chi connectivity index (χ1v) is 7.28. The van der Waals surface area contributed by atoms with Crippen molar-refractivity contribution >= 4 is 17.6 Å². The summed E-state index contributed by atoms with van der Waals surface area (Å²) in [6, 6.07) is 5.61. The van der Waals surface area contributed by atoms with Gasteiger partial charge in [0.2, 0.25) is 5.91 Å². The molecule has 0 spiro atoms. The van der Waals surface area contributed by atoms with Crippen LogP contribution in [0, 0.1) is 0 Å². The van der Waals surface area contributed by atoms with E-state index in [1.54, 1.807) is 6.07 Å². The van der Waals surface area contributed by atoms with E-state index in [1.165, 1.54) is 6.92 Å². The number of carbonyl (C=O) groups excluding carboxylic acids is 2. The summed E-state index contributed by atoms with van der Waals surface area (Å²) >= 11 is 0. The molecule has 1 saturated heterocycles. The Morgan fingerprint density at radius 3 is 2.82 bits per heavy atom. The normalized spacial score (nSPS) is 17.7. The first kappa shape index (κ1) is 14.4. The molecule has 0 saturated carbocycles. The van der Waals surface area contributed by atoms with Gasteiger partial charge >= 0.3 is 0 Å². The van der Waals surface area contributed by atoms with Gasteiger partial charge in [-0.3, -0.25) is 14.3 Å². The van der Waals surface area contributed by atoms with Crippen LogP contribution in [-0.2, 0) is 11.8 Å². The lowest BCUT2D eigenvalue weighted by Gasteiger charge is -2.17. The molecular formula is C15H19N5O2. The molecule has 1 atom stereocenters. The Morgan fingerprint density at radius 1 is 1.32 bits per heavy atom. The van der Waals surface area contributed by atoms with Gasteiger partial charge in [0.1, 0.15) is 5.69 Å². The Hall–Kier alpha value is -2.57. The molecule has 1 unspecified atom stereocenters. The van der Waals surface area contributed by atoms with Gasteiger partial charge in [0, 0.05) is 45.5 Å². The van der Waals surface area contributed by atoms with Gasteiger partial charge in [-0.05, 0) is 18.6 Å². The highest BCUT2D eigenvalue weighted by Crippen LogP contribution is 2.23. The molecule has 2 aromatic heterocycles. The summed E-state index contributed by atoms with van der Waals surface area (Å²) in [5, 5.41) is 7.01. The average Bonchev–Trinajstić information content (AvgIpc) is 3.16. The Kier molecular flexibility index (Phi) is 3.70. The van der Waals surface area contributed by atoms with E-state index in [1.807, 2.05) is 45.7 Å².